The number of rotatable bonds is 5. The third-order valence-corrected chi connectivity index (χ3v) is 12.7. The maximum absolute atomic E-state index is 6.89. The van der Waals surface area contributed by atoms with Crippen molar-refractivity contribution in [2.24, 2.45) is 0 Å². The summed E-state index contributed by atoms with van der Waals surface area (Å²) in [5.41, 5.74) is 20.2. The van der Waals surface area contributed by atoms with Crippen LogP contribution >= 0.6 is 0 Å². The van der Waals surface area contributed by atoms with Crippen molar-refractivity contribution < 1.29 is 4.42 Å². The highest BCUT2D eigenvalue weighted by Crippen LogP contribution is 2.53. The number of anilines is 3. The molecule has 1 aromatic heterocycles. The van der Waals surface area contributed by atoms with Crippen LogP contribution in [0.5, 0.6) is 0 Å². The molecule has 0 atom stereocenters. The van der Waals surface area contributed by atoms with Crippen molar-refractivity contribution in [2.75, 3.05) is 4.90 Å². The molecule has 9 aromatic rings. The number of para-hydroxylation sites is 2. The summed E-state index contributed by atoms with van der Waals surface area (Å²) in [5.74, 6) is 0. The average molecular weight is 720 g/mol. The van der Waals surface area contributed by atoms with Crippen molar-refractivity contribution in [3.05, 3.63) is 198 Å². The summed E-state index contributed by atoms with van der Waals surface area (Å²) in [6.07, 6.45) is 0. The summed E-state index contributed by atoms with van der Waals surface area (Å²) in [7, 11) is 0. The molecule has 0 radical (unpaired) electrons. The minimum Gasteiger partial charge on any atom is -0.455 e. The highest BCUT2D eigenvalue weighted by atomic mass is 16.3. The first-order valence-electron chi connectivity index (χ1n) is 19.7. The van der Waals surface area contributed by atoms with Crippen LogP contribution in [0.2, 0.25) is 0 Å². The Balaban J connectivity index is 1.11. The molecular weight excluding hydrogens is 679 g/mol. The molecule has 268 valence electrons. The second-order valence-corrected chi connectivity index (χ2v) is 16.5. The van der Waals surface area contributed by atoms with Gasteiger partial charge in [-0.2, -0.15) is 0 Å². The van der Waals surface area contributed by atoms with Crippen LogP contribution in [0.25, 0.3) is 66.4 Å². The second-order valence-electron chi connectivity index (χ2n) is 16.5. The summed E-state index contributed by atoms with van der Waals surface area (Å²) in [4.78, 5) is 2.44. The first kappa shape index (κ1) is 32.8. The monoisotopic (exact) mass is 719 g/mol. The van der Waals surface area contributed by atoms with Gasteiger partial charge in [-0.25, -0.2) is 0 Å². The Morgan fingerprint density at radius 3 is 1.34 bits per heavy atom. The molecule has 0 unspecified atom stereocenters. The van der Waals surface area contributed by atoms with Crippen LogP contribution in [0.1, 0.15) is 49.9 Å². The van der Waals surface area contributed by atoms with E-state index in [0.717, 1.165) is 61.3 Å². The fourth-order valence-corrected chi connectivity index (χ4v) is 9.85. The Labute approximate surface area is 328 Å². The molecule has 2 nitrogen and oxygen atoms in total. The molecule has 2 aliphatic carbocycles. The highest BCUT2D eigenvalue weighted by molar-refractivity contribution is 6.13. The molecule has 11 rings (SSSR count). The van der Waals surface area contributed by atoms with Crippen molar-refractivity contribution >= 4 is 39.0 Å². The lowest BCUT2D eigenvalue weighted by atomic mass is 9.82. The fraction of sp³-hybridized carbons (Fsp3) is 0.111. The lowest BCUT2D eigenvalue weighted by Gasteiger charge is -2.28. The molecule has 0 saturated heterocycles. The lowest BCUT2D eigenvalue weighted by molar-refractivity contribution is 0.660. The molecule has 0 spiro atoms. The lowest BCUT2D eigenvalue weighted by Crippen LogP contribution is -2.16. The Morgan fingerprint density at radius 1 is 0.339 bits per heavy atom. The van der Waals surface area contributed by atoms with Crippen LogP contribution in [0.4, 0.5) is 17.1 Å². The zero-order chi connectivity index (χ0) is 37.8. The largest absolute Gasteiger partial charge is 0.455 e. The Bertz CT molecular complexity index is 2930. The van der Waals surface area contributed by atoms with E-state index < -0.39 is 0 Å². The molecule has 0 N–H and O–H groups in total. The third-order valence-electron chi connectivity index (χ3n) is 12.7. The van der Waals surface area contributed by atoms with E-state index in [1.807, 2.05) is 0 Å². The first-order valence-corrected chi connectivity index (χ1v) is 19.7. The van der Waals surface area contributed by atoms with E-state index in [1.165, 1.54) is 44.5 Å². The van der Waals surface area contributed by atoms with Crippen LogP contribution in [0, 0.1) is 0 Å². The SMILES string of the molecule is CC1(C)c2ccccc2-c2cc(N(c3cccc(-c4cccc5c4oc4c(-c6ccccc6)cccc45)c3)c3ccc4c(c3)-c3ccccc3C4(C)C)ccc21. The van der Waals surface area contributed by atoms with E-state index in [2.05, 4.69) is 209 Å². The first-order chi connectivity index (χ1) is 27.3. The molecule has 0 amide bonds. The average Bonchev–Trinajstić information content (AvgIpc) is 3.81. The molecule has 2 aliphatic rings. The maximum Gasteiger partial charge on any atom is 0.143 e. The molecular formula is C54H41NO. The van der Waals surface area contributed by atoms with Gasteiger partial charge in [0, 0.05) is 49.8 Å². The van der Waals surface area contributed by atoms with Gasteiger partial charge in [-0.15, -0.1) is 0 Å². The summed E-state index contributed by atoms with van der Waals surface area (Å²) in [5, 5.41) is 2.25. The second kappa shape index (κ2) is 11.9. The minimum atomic E-state index is -0.0658. The summed E-state index contributed by atoms with van der Waals surface area (Å²) in [6.45, 7) is 9.39. The van der Waals surface area contributed by atoms with Gasteiger partial charge in [0.1, 0.15) is 11.2 Å². The molecule has 0 aliphatic heterocycles. The van der Waals surface area contributed by atoms with Gasteiger partial charge < -0.3 is 9.32 Å². The van der Waals surface area contributed by atoms with E-state index in [-0.39, 0.29) is 10.8 Å². The predicted molar refractivity (Wildman–Crippen MR) is 234 cm³/mol. The van der Waals surface area contributed by atoms with Gasteiger partial charge in [-0.1, -0.05) is 167 Å². The molecule has 0 bridgehead atoms. The zero-order valence-corrected chi connectivity index (χ0v) is 32.1. The van der Waals surface area contributed by atoms with Gasteiger partial charge in [0.2, 0.25) is 0 Å². The quantitative estimate of drug-likeness (QED) is 0.176. The van der Waals surface area contributed by atoms with E-state index in [0.29, 0.717) is 0 Å². The number of benzene rings is 8. The van der Waals surface area contributed by atoms with Gasteiger partial charge in [-0.3, -0.25) is 0 Å². The fourth-order valence-electron chi connectivity index (χ4n) is 9.85. The third kappa shape index (κ3) is 4.69. The number of fused-ring (bicyclic) bond motifs is 9. The van der Waals surface area contributed by atoms with Crippen molar-refractivity contribution in [3.8, 4) is 44.5 Å². The summed E-state index contributed by atoms with van der Waals surface area (Å²) in [6, 6.07) is 64.5. The van der Waals surface area contributed by atoms with Crippen LogP contribution in [-0.2, 0) is 10.8 Å². The summed E-state index contributed by atoms with van der Waals surface area (Å²) < 4.78 is 6.89. The molecule has 56 heavy (non-hydrogen) atoms. The van der Waals surface area contributed by atoms with Gasteiger partial charge in [0.25, 0.3) is 0 Å². The predicted octanol–water partition coefficient (Wildman–Crippen LogP) is 15.0. The van der Waals surface area contributed by atoms with Crippen LogP contribution in [-0.4, -0.2) is 0 Å². The van der Waals surface area contributed by atoms with Gasteiger partial charge in [0.15, 0.2) is 0 Å². The van der Waals surface area contributed by atoms with Crippen molar-refractivity contribution in [1.29, 1.82) is 0 Å². The zero-order valence-electron chi connectivity index (χ0n) is 32.1. The number of furan rings is 1. The van der Waals surface area contributed by atoms with Crippen molar-refractivity contribution in [2.45, 2.75) is 38.5 Å². The molecule has 0 saturated carbocycles. The van der Waals surface area contributed by atoms with Crippen LogP contribution < -0.4 is 4.90 Å². The normalized spacial score (nSPS) is 14.4. The molecule has 0 fully saturated rings. The molecule has 8 aromatic carbocycles. The Morgan fingerprint density at radius 2 is 0.768 bits per heavy atom. The summed E-state index contributed by atoms with van der Waals surface area (Å²) >= 11 is 0. The Kier molecular flexibility index (Phi) is 6.98. The smallest absolute Gasteiger partial charge is 0.143 e. The topological polar surface area (TPSA) is 16.4 Å². The van der Waals surface area contributed by atoms with Gasteiger partial charge in [0.05, 0.1) is 0 Å². The minimum absolute atomic E-state index is 0.0658. The number of hydrogen-bond acceptors (Lipinski definition) is 2. The van der Waals surface area contributed by atoms with Crippen LogP contribution in [0.15, 0.2) is 180 Å². The standard InChI is InChI=1S/C54H41NO/c1-53(2)47-25-10-8-19-41(47)45-32-37(27-29-49(45)53)55(38-28-30-50-46(33-38)42-20-9-11-26-48(42)54(50,3)4)36-18-12-17-35(31-36)40-22-14-24-44-43-23-13-21-39(51(43)56-52(40)44)34-15-6-5-7-16-34/h5-33H,1-4H3. The van der Waals surface area contributed by atoms with E-state index in [9.17, 15) is 0 Å². The maximum atomic E-state index is 6.89. The number of nitrogens with zero attached hydrogens (tertiary/aromatic N) is 1. The highest BCUT2D eigenvalue weighted by Gasteiger charge is 2.37. The van der Waals surface area contributed by atoms with Crippen LogP contribution in [0.3, 0.4) is 0 Å². The van der Waals surface area contributed by atoms with E-state index in [4.69, 9.17) is 4.42 Å². The van der Waals surface area contributed by atoms with Crippen molar-refractivity contribution in [1.82, 2.24) is 0 Å². The van der Waals surface area contributed by atoms with Crippen molar-refractivity contribution in [3.63, 3.8) is 0 Å². The molecule has 2 heteroatoms. The van der Waals surface area contributed by atoms with Gasteiger partial charge in [-0.05, 0) is 92.0 Å². The Hall–Kier alpha value is -6.64. The van der Waals surface area contributed by atoms with E-state index >= 15 is 0 Å². The van der Waals surface area contributed by atoms with E-state index in [1.54, 1.807) is 0 Å². The van der Waals surface area contributed by atoms with Gasteiger partial charge >= 0.3 is 0 Å². The number of hydrogen-bond donors (Lipinski definition) is 0. The molecule has 1 heterocycles.